The molecule has 1 amide bonds. The highest BCUT2D eigenvalue weighted by atomic mass is 16.6. The maximum absolute atomic E-state index is 11.9. The van der Waals surface area contributed by atoms with Gasteiger partial charge in [0.2, 0.25) is 0 Å². The highest BCUT2D eigenvalue weighted by Crippen LogP contribution is 2.24. The van der Waals surface area contributed by atoms with E-state index < -0.39 is 5.60 Å². The molecule has 0 spiro atoms. The molecule has 0 aromatic heterocycles. The van der Waals surface area contributed by atoms with Crippen LogP contribution in [-0.4, -0.2) is 42.1 Å². The molecule has 0 bridgehead atoms. The first kappa shape index (κ1) is 12.0. The number of ether oxygens (including phenoxy) is 1. The van der Waals surface area contributed by atoms with Crippen molar-refractivity contribution in [1.29, 1.82) is 0 Å². The molecule has 0 radical (unpaired) electrons. The molecule has 5 heteroatoms. The lowest BCUT2D eigenvalue weighted by Gasteiger charge is -2.30. The lowest BCUT2D eigenvalue weighted by atomic mass is 10.0. The fourth-order valence-corrected chi connectivity index (χ4v) is 2.00. The van der Waals surface area contributed by atoms with Gasteiger partial charge < -0.3 is 15.4 Å². The summed E-state index contributed by atoms with van der Waals surface area (Å²) in [4.78, 5) is 17.8. The Morgan fingerprint density at radius 3 is 2.82 bits per heavy atom. The molecule has 0 aromatic rings. The standard InChI is InChI=1S/C12H19N3O2/c1-12(2,3)17-11(16)15-5-4-8-6-14-10(13)9(8)7-15/h4-7H2,1-3H3,(H2,13,14). The molecule has 17 heavy (non-hydrogen) atoms. The Morgan fingerprint density at radius 1 is 1.47 bits per heavy atom. The third-order valence-electron chi connectivity index (χ3n) is 2.86. The lowest BCUT2D eigenvalue weighted by Crippen LogP contribution is -2.42. The van der Waals surface area contributed by atoms with E-state index >= 15 is 0 Å². The summed E-state index contributed by atoms with van der Waals surface area (Å²) >= 11 is 0. The van der Waals surface area contributed by atoms with Crippen molar-refractivity contribution in [1.82, 2.24) is 4.90 Å². The summed E-state index contributed by atoms with van der Waals surface area (Å²) < 4.78 is 5.34. The van der Waals surface area contributed by atoms with Crippen molar-refractivity contribution in [3.8, 4) is 0 Å². The van der Waals surface area contributed by atoms with Crippen LogP contribution in [-0.2, 0) is 4.74 Å². The zero-order chi connectivity index (χ0) is 12.6. The van der Waals surface area contributed by atoms with Crippen molar-refractivity contribution in [3.63, 3.8) is 0 Å². The summed E-state index contributed by atoms with van der Waals surface area (Å²) in [5.41, 5.74) is 7.62. The van der Waals surface area contributed by atoms with Crippen LogP contribution in [0.5, 0.6) is 0 Å². The molecule has 0 fully saturated rings. The molecule has 2 aliphatic heterocycles. The number of carbonyl (C=O) groups excluding carboxylic acids is 1. The van der Waals surface area contributed by atoms with Gasteiger partial charge in [-0.05, 0) is 32.8 Å². The molecule has 2 heterocycles. The number of amides is 1. The number of carbonyl (C=O) groups is 1. The summed E-state index contributed by atoms with van der Waals surface area (Å²) in [6.45, 7) is 7.51. The topological polar surface area (TPSA) is 67.9 Å². The van der Waals surface area contributed by atoms with Crippen LogP contribution in [0, 0.1) is 0 Å². The van der Waals surface area contributed by atoms with E-state index in [9.17, 15) is 4.79 Å². The van der Waals surface area contributed by atoms with Crippen molar-refractivity contribution in [3.05, 3.63) is 11.1 Å². The summed E-state index contributed by atoms with van der Waals surface area (Å²) in [5, 5.41) is 0. The Kier molecular flexibility index (Phi) is 2.85. The summed E-state index contributed by atoms with van der Waals surface area (Å²) in [5.74, 6) is 0.577. The minimum atomic E-state index is -0.457. The van der Waals surface area contributed by atoms with Crippen LogP contribution < -0.4 is 5.73 Å². The normalized spacial score (nSPS) is 20.2. The second-order valence-corrected chi connectivity index (χ2v) is 5.44. The van der Waals surface area contributed by atoms with Gasteiger partial charge in [0.05, 0.1) is 13.1 Å². The van der Waals surface area contributed by atoms with E-state index in [1.54, 1.807) is 4.90 Å². The fourth-order valence-electron chi connectivity index (χ4n) is 2.00. The van der Waals surface area contributed by atoms with Crippen molar-refractivity contribution in [2.24, 2.45) is 10.7 Å². The number of hydrogen-bond acceptors (Lipinski definition) is 4. The van der Waals surface area contributed by atoms with Crippen LogP contribution in [0.2, 0.25) is 0 Å². The SMILES string of the molecule is CC(C)(C)OC(=O)N1CCC2=C(C1)C(N)=NC2. The Hall–Kier alpha value is -1.52. The van der Waals surface area contributed by atoms with E-state index in [-0.39, 0.29) is 6.09 Å². The Labute approximate surface area is 101 Å². The van der Waals surface area contributed by atoms with Crippen LogP contribution in [0.3, 0.4) is 0 Å². The van der Waals surface area contributed by atoms with Crippen molar-refractivity contribution in [2.75, 3.05) is 19.6 Å². The van der Waals surface area contributed by atoms with Crippen molar-refractivity contribution >= 4 is 11.9 Å². The summed E-state index contributed by atoms with van der Waals surface area (Å²) in [7, 11) is 0. The van der Waals surface area contributed by atoms with E-state index in [0.717, 1.165) is 12.0 Å². The molecular formula is C12H19N3O2. The molecule has 5 nitrogen and oxygen atoms in total. The van der Waals surface area contributed by atoms with Gasteiger partial charge in [-0.15, -0.1) is 0 Å². The molecule has 0 aromatic carbocycles. The monoisotopic (exact) mass is 237 g/mol. The smallest absolute Gasteiger partial charge is 0.410 e. The van der Waals surface area contributed by atoms with E-state index in [0.29, 0.717) is 25.5 Å². The molecule has 0 atom stereocenters. The van der Waals surface area contributed by atoms with Crippen molar-refractivity contribution < 1.29 is 9.53 Å². The van der Waals surface area contributed by atoms with E-state index in [4.69, 9.17) is 10.5 Å². The number of nitrogens with zero attached hydrogens (tertiary/aromatic N) is 2. The largest absolute Gasteiger partial charge is 0.444 e. The van der Waals surface area contributed by atoms with Gasteiger partial charge >= 0.3 is 6.09 Å². The average Bonchev–Trinajstić information content (AvgIpc) is 2.57. The van der Waals surface area contributed by atoms with Crippen LogP contribution >= 0.6 is 0 Å². The Morgan fingerprint density at radius 2 is 2.18 bits per heavy atom. The maximum Gasteiger partial charge on any atom is 0.410 e. The number of nitrogens with two attached hydrogens (primary N) is 1. The van der Waals surface area contributed by atoms with Gasteiger partial charge in [0.25, 0.3) is 0 Å². The van der Waals surface area contributed by atoms with Crippen molar-refractivity contribution in [2.45, 2.75) is 32.8 Å². The Bertz CT molecular complexity index is 404. The van der Waals surface area contributed by atoms with Crippen LogP contribution in [0.15, 0.2) is 16.1 Å². The van der Waals surface area contributed by atoms with E-state index in [2.05, 4.69) is 4.99 Å². The quantitative estimate of drug-likeness (QED) is 0.690. The summed E-state index contributed by atoms with van der Waals surface area (Å²) in [6.07, 6.45) is 0.572. The molecule has 0 saturated carbocycles. The van der Waals surface area contributed by atoms with Crippen LogP contribution in [0.25, 0.3) is 0 Å². The second-order valence-electron chi connectivity index (χ2n) is 5.44. The molecule has 2 aliphatic rings. The van der Waals surface area contributed by atoms with Gasteiger partial charge in [-0.2, -0.15) is 0 Å². The number of amidine groups is 1. The van der Waals surface area contributed by atoms with E-state index in [1.807, 2.05) is 20.8 Å². The second kappa shape index (κ2) is 4.05. The third kappa shape index (κ3) is 2.60. The highest BCUT2D eigenvalue weighted by Gasteiger charge is 2.29. The molecular weight excluding hydrogens is 218 g/mol. The van der Waals surface area contributed by atoms with Gasteiger partial charge in [-0.3, -0.25) is 4.99 Å². The minimum Gasteiger partial charge on any atom is -0.444 e. The van der Waals surface area contributed by atoms with Gasteiger partial charge in [0.1, 0.15) is 11.4 Å². The molecule has 94 valence electrons. The first-order chi connectivity index (χ1) is 7.87. The minimum absolute atomic E-state index is 0.274. The van der Waals surface area contributed by atoms with Gasteiger partial charge in [-0.1, -0.05) is 0 Å². The highest BCUT2D eigenvalue weighted by molar-refractivity contribution is 6.00. The zero-order valence-electron chi connectivity index (χ0n) is 10.6. The van der Waals surface area contributed by atoms with Gasteiger partial charge in [0, 0.05) is 12.1 Å². The molecule has 0 unspecified atom stereocenters. The fraction of sp³-hybridized carbons (Fsp3) is 0.667. The zero-order valence-corrected chi connectivity index (χ0v) is 10.6. The molecule has 0 aliphatic carbocycles. The van der Waals surface area contributed by atoms with E-state index in [1.165, 1.54) is 5.57 Å². The number of hydrogen-bond donors (Lipinski definition) is 1. The maximum atomic E-state index is 11.9. The predicted octanol–water partition coefficient (Wildman–Crippen LogP) is 1.29. The Balaban J connectivity index is 2.02. The average molecular weight is 237 g/mol. The predicted molar refractivity (Wildman–Crippen MR) is 65.9 cm³/mol. The first-order valence-corrected chi connectivity index (χ1v) is 5.86. The van der Waals surface area contributed by atoms with Gasteiger partial charge in [0.15, 0.2) is 0 Å². The van der Waals surface area contributed by atoms with Crippen LogP contribution in [0.4, 0.5) is 4.79 Å². The summed E-state index contributed by atoms with van der Waals surface area (Å²) in [6, 6.07) is 0. The lowest BCUT2D eigenvalue weighted by molar-refractivity contribution is 0.0263. The number of aliphatic imine (C=N–C) groups is 1. The van der Waals surface area contributed by atoms with Gasteiger partial charge in [-0.25, -0.2) is 4.79 Å². The molecule has 0 saturated heterocycles. The third-order valence-corrected chi connectivity index (χ3v) is 2.86. The molecule has 2 N–H and O–H groups in total. The molecule has 2 rings (SSSR count). The first-order valence-electron chi connectivity index (χ1n) is 5.86. The van der Waals surface area contributed by atoms with Crippen LogP contribution in [0.1, 0.15) is 27.2 Å². The number of rotatable bonds is 0.